The maximum atomic E-state index is 12.3. The minimum atomic E-state index is 0.113. The molecule has 5 heteroatoms. The zero-order chi connectivity index (χ0) is 18.9. The first kappa shape index (κ1) is 21.2. The van der Waals surface area contributed by atoms with E-state index in [1.54, 1.807) is 18.0 Å². The second-order valence-electron chi connectivity index (χ2n) is 7.03. The number of thioether (sulfide) groups is 1. The number of ketones is 1. The lowest BCUT2D eigenvalue weighted by molar-refractivity contribution is -0.122. The Balaban J connectivity index is 1.81. The molecule has 0 aliphatic carbocycles. The highest BCUT2D eigenvalue weighted by Crippen LogP contribution is 2.25. The van der Waals surface area contributed by atoms with Crippen LogP contribution < -0.4 is 0 Å². The second-order valence-corrected chi connectivity index (χ2v) is 8.61. The first-order valence-electron chi connectivity index (χ1n) is 9.36. The van der Waals surface area contributed by atoms with E-state index in [4.69, 9.17) is 11.6 Å². The number of aliphatic imine (C=N–C) groups is 1. The fourth-order valence-electron chi connectivity index (χ4n) is 3.11. The number of pyridine rings is 1. The predicted molar refractivity (Wildman–Crippen MR) is 113 cm³/mol. The zero-order valence-corrected chi connectivity index (χ0v) is 17.5. The number of dihydropyridines is 1. The number of nitrogens with zero attached hydrogens (tertiary/aromatic N) is 2. The smallest absolute Gasteiger partial charge is 0.136 e. The van der Waals surface area contributed by atoms with Crippen LogP contribution in [0.3, 0.4) is 0 Å². The van der Waals surface area contributed by atoms with Crippen LogP contribution in [0.4, 0.5) is 0 Å². The molecule has 0 radical (unpaired) electrons. The van der Waals surface area contributed by atoms with Gasteiger partial charge in [-0.15, -0.1) is 0 Å². The summed E-state index contributed by atoms with van der Waals surface area (Å²) >= 11 is 8.05. The van der Waals surface area contributed by atoms with Crippen LogP contribution >= 0.6 is 23.4 Å². The second kappa shape index (κ2) is 10.9. The fraction of sp³-hybridized carbons (Fsp3) is 0.571. The number of hydrogen-bond acceptors (Lipinski definition) is 4. The van der Waals surface area contributed by atoms with Crippen molar-refractivity contribution in [1.82, 2.24) is 4.98 Å². The molecule has 26 heavy (non-hydrogen) atoms. The first-order chi connectivity index (χ1) is 12.5. The summed E-state index contributed by atoms with van der Waals surface area (Å²) in [5, 5.41) is 0.999. The van der Waals surface area contributed by atoms with Crippen LogP contribution in [-0.4, -0.2) is 34.0 Å². The number of rotatable bonds is 10. The van der Waals surface area contributed by atoms with Crippen molar-refractivity contribution in [3.8, 4) is 0 Å². The van der Waals surface area contributed by atoms with Crippen molar-refractivity contribution in [2.75, 3.05) is 12.8 Å². The normalized spacial score (nSPS) is 19.5. The molecule has 2 rings (SSSR count). The van der Waals surface area contributed by atoms with Crippen LogP contribution in [0, 0.1) is 11.8 Å². The number of Topliss-reactive ketones (excluding diaryl/α,β-unsaturated/α-hetero) is 1. The third kappa shape index (κ3) is 6.55. The summed E-state index contributed by atoms with van der Waals surface area (Å²) in [6, 6.07) is 4.08. The number of aryl methyl sites for hydroxylation is 1. The van der Waals surface area contributed by atoms with Gasteiger partial charge in [0.15, 0.2) is 0 Å². The summed E-state index contributed by atoms with van der Waals surface area (Å²) in [6.07, 6.45) is 12.4. The lowest BCUT2D eigenvalue weighted by atomic mass is 9.93. The molecule has 1 aromatic heterocycles. The highest BCUT2D eigenvalue weighted by atomic mass is 35.5. The van der Waals surface area contributed by atoms with Crippen molar-refractivity contribution >= 4 is 34.3 Å². The largest absolute Gasteiger partial charge is 0.299 e. The standard InChI is InChI=1S/C21H29ClN2OS/c1-15(16(2)26-3)20(25)8-4-7-19-12-18(14-24-21(19)22)10-9-17-6-5-11-23-13-17/h5-6,11-13,15-16,18H,4,7-10,14H2,1-3H3. The summed E-state index contributed by atoms with van der Waals surface area (Å²) in [5.74, 6) is 0.880. The van der Waals surface area contributed by atoms with E-state index >= 15 is 0 Å². The molecular formula is C21H29ClN2OS. The van der Waals surface area contributed by atoms with E-state index in [1.807, 2.05) is 19.2 Å². The molecule has 1 aliphatic heterocycles. The van der Waals surface area contributed by atoms with E-state index < -0.39 is 0 Å². The van der Waals surface area contributed by atoms with Crippen LogP contribution in [0.2, 0.25) is 0 Å². The van der Waals surface area contributed by atoms with Crippen LogP contribution in [0.25, 0.3) is 0 Å². The number of halogens is 1. The Morgan fingerprint density at radius 3 is 2.88 bits per heavy atom. The summed E-state index contributed by atoms with van der Waals surface area (Å²) < 4.78 is 0. The summed E-state index contributed by atoms with van der Waals surface area (Å²) in [6.45, 7) is 4.91. The van der Waals surface area contributed by atoms with Crippen molar-refractivity contribution in [2.24, 2.45) is 16.8 Å². The Kier molecular flexibility index (Phi) is 8.86. The topological polar surface area (TPSA) is 42.3 Å². The Morgan fingerprint density at radius 2 is 2.19 bits per heavy atom. The Hall–Kier alpha value is -1.13. The lowest BCUT2D eigenvalue weighted by Crippen LogP contribution is -2.20. The molecular weight excluding hydrogens is 364 g/mol. The van der Waals surface area contributed by atoms with Gasteiger partial charge in [0.1, 0.15) is 11.0 Å². The van der Waals surface area contributed by atoms with E-state index in [2.05, 4.69) is 35.3 Å². The van der Waals surface area contributed by atoms with Gasteiger partial charge in [-0.25, -0.2) is 0 Å². The monoisotopic (exact) mass is 392 g/mol. The van der Waals surface area contributed by atoms with Gasteiger partial charge in [0.05, 0.1) is 0 Å². The van der Waals surface area contributed by atoms with Crippen LogP contribution in [0.5, 0.6) is 0 Å². The van der Waals surface area contributed by atoms with Gasteiger partial charge >= 0.3 is 0 Å². The molecule has 3 nitrogen and oxygen atoms in total. The quantitative estimate of drug-likeness (QED) is 0.540. The molecule has 0 spiro atoms. The minimum Gasteiger partial charge on any atom is -0.299 e. The molecule has 1 aromatic rings. The number of allylic oxidation sites excluding steroid dienone is 1. The Morgan fingerprint density at radius 1 is 1.38 bits per heavy atom. The fourth-order valence-corrected chi connectivity index (χ4v) is 3.90. The molecule has 2 heterocycles. The number of hydrogen-bond donors (Lipinski definition) is 0. The highest BCUT2D eigenvalue weighted by Gasteiger charge is 2.20. The molecule has 142 valence electrons. The van der Waals surface area contributed by atoms with Gasteiger partial charge in [0.2, 0.25) is 0 Å². The van der Waals surface area contributed by atoms with Gasteiger partial charge in [0.25, 0.3) is 0 Å². The zero-order valence-electron chi connectivity index (χ0n) is 16.0. The number of carbonyl (C=O) groups excluding carboxylic acids is 1. The van der Waals surface area contributed by atoms with Crippen molar-refractivity contribution < 1.29 is 4.79 Å². The van der Waals surface area contributed by atoms with E-state index in [1.165, 1.54) is 5.56 Å². The predicted octanol–water partition coefficient (Wildman–Crippen LogP) is 5.33. The van der Waals surface area contributed by atoms with E-state index in [-0.39, 0.29) is 5.92 Å². The van der Waals surface area contributed by atoms with E-state index in [9.17, 15) is 4.79 Å². The molecule has 3 atom stereocenters. The molecule has 1 aliphatic rings. The van der Waals surface area contributed by atoms with Gasteiger partial charge in [-0.2, -0.15) is 11.8 Å². The molecule has 0 saturated heterocycles. The third-order valence-corrected chi connectivity index (χ3v) is 6.66. The van der Waals surface area contributed by atoms with Crippen molar-refractivity contribution in [1.29, 1.82) is 0 Å². The van der Waals surface area contributed by atoms with Gasteiger partial charge in [-0.05, 0) is 55.1 Å². The summed E-state index contributed by atoms with van der Waals surface area (Å²) in [5.41, 5.74) is 2.36. The number of carbonyl (C=O) groups is 1. The average molecular weight is 393 g/mol. The Labute approximate surface area is 166 Å². The maximum absolute atomic E-state index is 12.3. The molecule has 0 bridgehead atoms. The van der Waals surface area contributed by atoms with Crippen LogP contribution in [-0.2, 0) is 11.2 Å². The highest BCUT2D eigenvalue weighted by molar-refractivity contribution is 7.99. The molecule has 0 saturated carbocycles. The molecule has 0 aromatic carbocycles. The van der Waals surface area contributed by atoms with Crippen LogP contribution in [0.15, 0.2) is 41.2 Å². The summed E-state index contributed by atoms with van der Waals surface area (Å²) in [4.78, 5) is 20.9. The third-order valence-electron chi connectivity index (χ3n) is 5.15. The first-order valence-corrected chi connectivity index (χ1v) is 11.0. The minimum absolute atomic E-state index is 0.113. The van der Waals surface area contributed by atoms with E-state index in [0.29, 0.717) is 28.5 Å². The average Bonchev–Trinajstić information content (AvgIpc) is 2.67. The van der Waals surface area contributed by atoms with Crippen molar-refractivity contribution in [2.45, 2.75) is 51.2 Å². The maximum Gasteiger partial charge on any atom is 0.136 e. The lowest BCUT2D eigenvalue weighted by Gasteiger charge is -2.19. The molecule has 0 N–H and O–H groups in total. The summed E-state index contributed by atoms with van der Waals surface area (Å²) in [7, 11) is 0. The van der Waals surface area contributed by atoms with Gasteiger partial charge in [-0.3, -0.25) is 14.8 Å². The van der Waals surface area contributed by atoms with Gasteiger partial charge < -0.3 is 0 Å². The SMILES string of the molecule is CSC(C)C(C)C(=O)CCCC1=CC(CCc2cccnc2)CN=C1Cl. The van der Waals surface area contributed by atoms with Crippen molar-refractivity contribution in [3.05, 3.63) is 41.7 Å². The van der Waals surface area contributed by atoms with Crippen molar-refractivity contribution in [3.63, 3.8) is 0 Å². The van der Waals surface area contributed by atoms with Gasteiger partial charge in [0, 0.05) is 36.5 Å². The van der Waals surface area contributed by atoms with E-state index in [0.717, 1.165) is 37.8 Å². The Bertz CT molecular complexity index is 645. The van der Waals surface area contributed by atoms with Gasteiger partial charge in [-0.1, -0.05) is 37.6 Å². The molecule has 0 amide bonds. The molecule has 3 unspecified atom stereocenters. The molecule has 0 fully saturated rings. The number of aromatic nitrogens is 1. The van der Waals surface area contributed by atoms with Crippen LogP contribution in [0.1, 0.15) is 45.1 Å².